The normalized spacial score (nSPS) is 10.7. The highest BCUT2D eigenvalue weighted by Gasteiger charge is 2.09. The van der Waals surface area contributed by atoms with Crippen molar-refractivity contribution in [2.45, 2.75) is 11.5 Å². The van der Waals surface area contributed by atoms with Gasteiger partial charge in [-0.1, -0.05) is 0 Å². The summed E-state index contributed by atoms with van der Waals surface area (Å²) >= 11 is 1.50. The van der Waals surface area contributed by atoms with Crippen molar-refractivity contribution in [3.05, 3.63) is 54.1 Å². The van der Waals surface area contributed by atoms with Crippen LogP contribution in [0.25, 0.3) is 10.9 Å². The lowest BCUT2D eigenvalue weighted by atomic mass is 10.2. The Morgan fingerprint density at radius 3 is 2.74 bits per heavy atom. The van der Waals surface area contributed by atoms with Crippen molar-refractivity contribution < 1.29 is 13.9 Å². The number of methoxy groups -OCH3 is 1. The van der Waals surface area contributed by atoms with E-state index in [-0.39, 0.29) is 12.4 Å². The van der Waals surface area contributed by atoms with Crippen molar-refractivity contribution in [1.29, 1.82) is 0 Å². The molecule has 23 heavy (non-hydrogen) atoms. The minimum atomic E-state index is -0.263. The largest absolute Gasteiger partial charge is 0.488 e. The molecule has 0 saturated heterocycles. The molecule has 0 N–H and O–H groups in total. The topological polar surface area (TPSA) is 44.2 Å². The zero-order chi connectivity index (χ0) is 16.2. The molecule has 2 heterocycles. The summed E-state index contributed by atoms with van der Waals surface area (Å²) in [5.74, 6) is 0.843. The fraction of sp³-hybridized carbons (Fsp3) is 0.176. The third-order valence-electron chi connectivity index (χ3n) is 3.34. The van der Waals surface area contributed by atoms with Crippen molar-refractivity contribution >= 4 is 22.7 Å². The number of nitrogens with zero attached hydrogens (tertiary/aromatic N) is 2. The highest BCUT2D eigenvalue weighted by molar-refractivity contribution is 7.98. The third kappa shape index (κ3) is 3.37. The molecule has 118 valence electrons. The van der Waals surface area contributed by atoms with E-state index in [1.807, 2.05) is 18.4 Å². The van der Waals surface area contributed by atoms with Crippen LogP contribution in [0.4, 0.5) is 4.39 Å². The Hall–Kier alpha value is -2.34. The van der Waals surface area contributed by atoms with Crippen molar-refractivity contribution in [2.75, 3.05) is 13.4 Å². The highest BCUT2D eigenvalue weighted by atomic mass is 32.2. The summed E-state index contributed by atoms with van der Waals surface area (Å²) in [5.41, 5.74) is 1.41. The molecule has 0 spiro atoms. The summed E-state index contributed by atoms with van der Waals surface area (Å²) in [5, 5.41) is 0.806. The molecule has 3 rings (SSSR count). The fourth-order valence-corrected chi connectivity index (χ4v) is 2.79. The molecule has 0 aliphatic rings. The Balaban J connectivity index is 1.89. The van der Waals surface area contributed by atoms with E-state index < -0.39 is 0 Å². The lowest BCUT2D eigenvalue weighted by molar-refractivity contribution is 0.308. The van der Waals surface area contributed by atoms with Crippen molar-refractivity contribution in [1.82, 2.24) is 9.97 Å². The molecule has 1 aromatic carbocycles. The first kappa shape index (κ1) is 15.6. The van der Waals surface area contributed by atoms with Gasteiger partial charge in [-0.3, -0.25) is 4.98 Å². The van der Waals surface area contributed by atoms with Crippen LogP contribution in [-0.4, -0.2) is 23.3 Å². The summed E-state index contributed by atoms with van der Waals surface area (Å²) in [6.07, 6.45) is 5.19. The number of thioether (sulfide) groups is 1. The van der Waals surface area contributed by atoms with E-state index in [2.05, 4.69) is 9.97 Å². The molecular weight excluding hydrogens is 315 g/mol. The van der Waals surface area contributed by atoms with Gasteiger partial charge in [0.2, 0.25) is 5.88 Å². The first-order chi connectivity index (χ1) is 11.2. The van der Waals surface area contributed by atoms with Crippen molar-refractivity contribution in [3.63, 3.8) is 0 Å². The maximum atomic E-state index is 13.6. The molecule has 0 saturated carbocycles. The molecule has 0 fully saturated rings. The smallest absolute Gasteiger partial charge is 0.240 e. The van der Waals surface area contributed by atoms with Gasteiger partial charge in [0.15, 0.2) is 0 Å². The maximum absolute atomic E-state index is 13.6. The third-order valence-corrected chi connectivity index (χ3v) is 4.05. The average Bonchev–Trinajstić information content (AvgIpc) is 2.58. The SMILES string of the molecule is COc1nccc2c(OCc3cc(F)cc(SC)c3)ccnc12. The molecule has 2 aromatic heterocycles. The number of fused-ring (bicyclic) bond motifs is 1. The van der Waals surface area contributed by atoms with Crippen LogP contribution in [0.5, 0.6) is 11.6 Å². The van der Waals surface area contributed by atoms with Gasteiger partial charge in [0, 0.05) is 22.7 Å². The number of pyridine rings is 2. The first-order valence-electron chi connectivity index (χ1n) is 6.95. The van der Waals surface area contributed by atoms with Crippen LogP contribution in [0.3, 0.4) is 0 Å². The summed E-state index contributed by atoms with van der Waals surface area (Å²) in [6, 6.07) is 8.49. The number of ether oxygens (including phenoxy) is 2. The van der Waals surface area contributed by atoms with Crippen LogP contribution in [0.15, 0.2) is 47.6 Å². The minimum Gasteiger partial charge on any atom is -0.488 e. The van der Waals surface area contributed by atoms with Crippen LogP contribution in [0.2, 0.25) is 0 Å². The van der Waals surface area contributed by atoms with Gasteiger partial charge in [-0.05, 0) is 42.2 Å². The second kappa shape index (κ2) is 6.83. The highest BCUT2D eigenvalue weighted by Crippen LogP contribution is 2.29. The number of hydrogen-bond acceptors (Lipinski definition) is 5. The lowest BCUT2D eigenvalue weighted by Crippen LogP contribution is -1.99. The zero-order valence-electron chi connectivity index (χ0n) is 12.7. The summed E-state index contributed by atoms with van der Waals surface area (Å²) in [6.45, 7) is 0.273. The zero-order valence-corrected chi connectivity index (χ0v) is 13.6. The summed E-state index contributed by atoms with van der Waals surface area (Å²) in [7, 11) is 1.55. The van der Waals surface area contributed by atoms with E-state index in [9.17, 15) is 4.39 Å². The van der Waals surface area contributed by atoms with Gasteiger partial charge in [-0.25, -0.2) is 9.37 Å². The van der Waals surface area contributed by atoms with Crippen LogP contribution in [-0.2, 0) is 6.61 Å². The molecule has 0 atom stereocenters. The van der Waals surface area contributed by atoms with Gasteiger partial charge in [0.05, 0.1) is 7.11 Å². The summed E-state index contributed by atoms with van der Waals surface area (Å²) in [4.78, 5) is 9.27. The van der Waals surface area contributed by atoms with Crippen LogP contribution >= 0.6 is 11.8 Å². The van der Waals surface area contributed by atoms with E-state index in [0.29, 0.717) is 17.1 Å². The Labute approximate surface area is 137 Å². The second-order valence-electron chi connectivity index (χ2n) is 4.81. The Kier molecular flexibility index (Phi) is 4.62. The molecular formula is C17H15FN2O2S. The molecule has 0 aliphatic heterocycles. The fourth-order valence-electron chi connectivity index (χ4n) is 2.29. The van der Waals surface area contributed by atoms with Gasteiger partial charge in [0.25, 0.3) is 0 Å². The molecule has 6 heteroatoms. The van der Waals surface area contributed by atoms with E-state index in [4.69, 9.17) is 9.47 Å². The number of rotatable bonds is 5. The van der Waals surface area contributed by atoms with E-state index in [0.717, 1.165) is 15.8 Å². The van der Waals surface area contributed by atoms with Gasteiger partial charge in [-0.15, -0.1) is 11.8 Å². The molecule has 3 aromatic rings. The molecule has 0 bridgehead atoms. The number of halogens is 1. The number of hydrogen-bond donors (Lipinski definition) is 0. The summed E-state index contributed by atoms with van der Waals surface area (Å²) < 4.78 is 24.7. The monoisotopic (exact) mass is 330 g/mol. The molecule has 0 unspecified atom stereocenters. The lowest BCUT2D eigenvalue weighted by Gasteiger charge is -2.11. The van der Waals surface area contributed by atoms with Crippen LogP contribution in [0, 0.1) is 5.82 Å². The van der Waals surface area contributed by atoms with Gasteiger partial charge < -0.3 is 9.47 Å². The Bertz CT molecular complexity index is 842. The van der Waals surface area contributed by atoms with Gasteiger partial charge in [-0.2, -0.15) is 0 Å². The maximum Gasteiger partial charge on any atom is 0.240 e. The Morgan fingerprint density at radius 1 is 1.13 bits per heavy atom. The van der Waals surface area contributed by atoms with E-state index in [1.54, 1.807) is 25.6 Å². The molecule has 0 amide bonds. The van der Waals surface area contributed by atoms with Crippen LogP contribution < -0.4 is 9.47 Å². The average molecular weight is 330 g/mol. The number of aromatic nitrogens is 2. The quantitative estimate of drug-likeness (QED) is 0.660. The van der Waals surface area contributed by atoms with Crippen LogP contribution in [0.1, 0.15) is 5.56 Å². The first-order valence-corrected chi connectivity index (χ1v) is 8.17. The minimum absolute atomic E-state index is 0.263. The standard InChI is InChI=1S/C17H15FN2O2S/c1-21-17-16-14(3-5-20-17)15(4-6-19-16)22-10-11-7-12(18)9-13(8-11)23-2/h3-9H,10H2,1-2H3. The van der Waals surface area contributed by atoms with Crippen molar-refractivity contribution in [2.24, 2.45) is 0 Å². The molecule has 4 nitrogen and oxygen atoms in total. The van der Waals surface area contributed by atoms with Crippen molar-refractivity contribution in [3.8, 4) is 11.6 Å². The molecule has 0 aliphatic carbocycles. The Morgan fingerprint density at radius 2 is 1.96 bits per heavy atom. The number of benzene rings is 1. The van der Waals surface area contributed by atoms with Gasteiger partial charge >= 0.3 is 0 Å². The second-order valence-corrected chi connectivity index (χ2v) is 5.69. The molecule has 0 radical (unpaired) electrons. The predicted molar refractivity (Wildman–Crippen MR) is 88.6 cm³/mol. The van der Waals surface area contributed by atoms with E-state index in [1.165, 1.54) is 23.9 Å². The van der Waals surface area contributed by atoms with Gasteiger partial charge in [0.1, 0.15) is 23.7 Å². The van der Waals surface area contributed by atoms with E-state index >= 15 is 0 Å². The predicted octanol–water partition coefficient (Wildman–Crippen LogP) is 4.08.